The normalized spacial score (nSPS) is 14.0. The molecule has 0 bridgehead atoms. The van der Waals surface area contributed by atoms with E-state index in [9.17, 15) is 0 Å². The minimum Gasteiger partial charge on any atom is -0.472 e. The molecule has 4 nitrogen and oxygen atoms in total. The molecule has 0 aromatic heterocycles. The van der Waals surface area contributed by atoms with Gasteiger partial charge in [-0.25, -0.2) is 0 Å². The van der Waals surface area contributed by atoms with Crippen molar-refractivity contribution in [3.8, 4) is 11.5 Å². The molecule has 4 N–H and O–H groups in total. The Morgan fingerprint density at radius 1 is 0.667 bits per heavy atom. The molecule has 0 fully saturated rings. The highest BCUT2D eigenvalue weighted by Gasteiger charge is 2.28. The molecule has 8 heteroatoms. The van der Waals surface area contributed by atoms with Gasteiger partial charge >= 0.3 is 0 Å². The number of ether oxygens (including phenoxy) is 2. The van der Waals surface area contributed by atoms with Gasteiger partial charge in [0.05, 0.1) is 20.1 Å². The van der Waals surface area contributed by atoms with Crippen LogP contribution in [0.3, 0.4) is 0 Å². The van der Waals surface area contributed by atoms with Crippen LogP contribution in [0.4, 0.5) is 0 Å². The zero-order valence-corrected chi connectivity index (χ0v) is 23.0. The SMILES string of the molecule is CC(C)CC(N)Oc1c(Cl)cc(C(C)(C)c2cc(Cl)c(OC(N)CC(C)C)c(Cl)c2)cc1Cl. The van der Waals surface area contributed by atoms with Crippen LogP contribution in [0.5, 0.6) is 11.5 Å². The van der Waals surface area contributed by atoms with Crippen LogP contribution in [0.25, 0.3) is 0 Å². The van der Waals surface area contributed by atoms with Crippen LogP contribution < -0.4 is 20.9 Å². The average molecular weight is 536 g/mol. The Labute approximate surface area is 217 Å². The first-order valence-electron chi connectivity index (χ1n) is 11.1. The van der Waals surface area contributed by atoms with E-state index in [-0.39, 0.29) is 0 Å². The van der Waals surface area contributed by atoms with Gasteiger partial charge in [0, 0.05) is 18.3 Å². The Morgan fingerprint density at radius 3 is 1.18 bits per heavy atom. The summed E-state index contributed by atoms with van der Waals surface area (Å²) in [5.41, 5.74) is 13.4. The van der Waals surface area contributed by atoms with Gasteiger partial charge in [0.2, 0.25) is 0 Å². The Bertz CT molecular complexity index is 842. The molecule has 0 aliphatic carbocycles. The Kier molecular flexibility index (Phi) is 10.1. The van der Waals surface area contributed by atoms with E-state index in [1.165, 1.54) is 0 Å². The van der Waals surface area contributed by atoms with Crippen LogP contribution in [0, 0.1) is 11.8 Å². The number of halogens is 4. The van der Waals surface area contributed by atoms with Crippen LogP contribution in [0.1, 0.15) is 65.5 Å². The van der Waals surface area contributed by atoms with E-state index in [1.54, 1.807) is 0 Å². The zero-order chi connectivity index (χ0) is 25.1. The molecule has 0 spiro atoms. The van der Waals surface area contributed by atoms with Crippen LogP contribution in [0.2, 0.25) is 20.1 Å². The van der Waals surface area contributed by atoms with Gasteiger partial charge in [0.15, 0.2) is 11.5 Å². The molecule has 0 aliphatic rings. The predicted molar refractivity (Wildman–Crippen MR) is 141 cm³/mol. The molecule has 0 saturated heterocycles. The molecule has 0 aliphatic heterocycles. The van der Waals surface area contributed by atoms with Gasteiger partial charge < -0.3 is 9.47 Å². The van der Waals surface area contributed by atoms with Gasteiger partial charge in [-0.1, -0.05) is 87.9 Å². The van der Waals surface area contributed by atoms with Crippen LogP contribution in [-0.2, 0) is 5.41 Å². The van der Waals surface area contributed by atoms with Crippen LogP contribution in [-0.4, -0.2) is 12.5 Å². The summed E-state index contributed by atoms with van der Waals surface area (Å²) in [6.45, 7) is 12.4. The zero-order valence-electron chi connectivity index (χ0n) is 20.0. The van der Waals surface area contributed by atoms with E-state index in [4.69, 9.17) is 67.3 Å². The molecule has 184 valence electrons. The lowest BCUT2D eigenvalue weighted by molar-refractivity contribution is 0.181. The Morgan fingerprint density at radius 2 is 0.939 bits per heavy atom. The monoisotopic (exact) mass is 534 g/mol. The standard InChI is InChI=1S/C25H34Cl4N2O2/c1-13(2)7-21(30)32-23-17(26)9-15(10-18(23)27)25(5,6)16-11-19(28)24(20(29)12-16)33-22(31)8-14(3)4/h9-14,21-22H,7-8,30-31H2,1-6H3. The van der Waals surface area contributed by atoms with Gasteiger partial charge in [-0.3, -0.25) is 11.5 Å². The summed E-state index contributed by atoms with van der Waals surface area (Å²) in [6.07, 6.45) is 0.385. The Hall–Kier alpha value is -0.880. The lowest BCUT2D eigenvalue weighted by Gasteiger charge is -2.29. The molecule has 0 saturated carbocycles. The predicted octanol–water partition coefficient (Wildman–Crippen LogP) is 8.05. The highest BCUT2D eigenvalue weighted by molar-refractivity contribution is 6.38. The highest BCUT2D eigenvalue weighted by Crippen LogP contribution is 2.44. The maximum atomic E-state index is 6.54. The lowest BCUT2D eigenvalue weighted by atomic mass is 9.78. The first-order valence-corrected chi connectivity index (χ1v) is 12.6. The van der Waals surface area contributed by atoms with Crippen molar-refractivity contribution in [2.75, 3.05) is 0 Å². The summed E-state index contributed by atoms with van der Waals surface area (Å²) in [5.74, 6) is 1.53. The summed E-state index contributed by atoms with van der Waals surface area (Å²) < 4.78 is 11.6. The van der Waals surface area contributed by atoms with Crippen molar-refractivity contribution in [3.05, 3.63) is 55.5 Å². The third kappa shape index (κ3) is 7.55. The molecular weight excluding hydrogens is 502 g/mol. The molecule has 2 aromatic carbocycles. The lowest BCUT2D eigenvalue weighted by Crippen LogP contribution is -2.29. The molecule has 2 rings (SSSR count). The molecule has 2 unspecified atom stereocenters. The molecule has 0 heterocycles. The van der Waals surface area contributed by atoms with Crippen molar-refractivity contribution in [2.45, 2.75) is 72.3 Å². The fourth-order valence-corrected chi connectivity index (χ4v) is 4.71. The summed E-state index contributed by atoms with van der Waals surface area (Å²) in [4.78, 5) is 0. The van der Waals surface area contributed by atoms with E-state index >= 15 is 0 Å². The van der Waals surface area contributed by atoms with E-state index in [1.807, 2.05) is 38.1 Å². The van der Waals surface area contributed by atoms with E-state index < -0.39 is 17.9 Å². The fourth-order valence-electron chi connectivity index (χ4n) is 3.56. The van der Waals surface area contributed by atoms with E-state index in [0.29, 0.717) is 56.3 Å². The average Bonchev–Trinajstić information content (AvgIpc) is 2.66. The molecule has 0 radical (unpaired) electrons. The van der Waals surface area contributed by atoms with Crippen molar-refractivity contribution in [3.63, 3.8) is 0 Å². The van der Waals surface area contributed by atoms with Crippen molar-refractivity contribution in [1.82, 2.24) is 0 Å². The third-order valence-electron chi connectivity index (χ3n) is 5.39. The molecular formula is C25H34Cl4N2O2. The van der Waals surface area contributed by atoms with Crippen molar-refractivity contribution in [2.24, 2.45) is 23.3 Å². The molecule has 33 heavy (non-hydrogen) atoms. The summed E-state index contributed by atoms with van der Waals surface area (Å²) in [6, 6.07) is 7.32. The smallest absolute Gasteiger partial charge is 0.158 e. The summed E-state index contributed by atoms with van der Waals surface area (Å²) in [5, 5.41) is 1.56. The molecule has 2 atom stereocenters. The third-order valence-corrected chi connectivity index (χ3v) is 6.51. The first-order chi connectivity index (χ1) is 15.2. The summed E-state index contributed by atoms with van der Waals surface area (Å²) >= 11 is 26.2. The number of benzene rings is 2. The topological polar surface area (TPSA) is 70.5 Å². The van der Waals surface area contributed by atoms with Gasteiger partial charge in [-0.15, -0.1) is 0 Å². The minimum absolute atomic E-state index is 0.380. The second-order valence-corrected chi connectivity index (χ2v) is 11.4. The number of hydrogen-bond acceptors (Lipinski definition) is 4. The highest BCUT2D eigenvalue weighted by atomic mass is 35.5. The van der Waals surface area contributed by atoms with Crippen molar-refractivity contribution < 1.29 is 9.47 Å². The van der Waals surface area contributed by atoms with E-state index in [0.717, 1.165) is 11.1 Å². The van der Waals surface area contributed by atoms with Crippen molar-refractivity contribution in [1.29, 1.82) is 0 Å². The molecule has 0 amide bonds. The fraction of sp³-hybridized carbons (Fsp3) is 0.520. The second kappa shape index (κ2) is 11.7. The number of rotatable bonds is 10. The van der Waals surface area contributed by atoms with Crippen LogP contribution >= 0.6 is 46.4 Å². The minimum atomic E-state index is -0.516. The maximum absolute atomic E-state index is 6.54. The quantitative estimate of drug-likeness (QED) is 0.302. The maximum Gasteiger partial charge on any atom is 0.158 e. The van der Waals surface area contributed by atoms with Gasteiger partial charge in [0.25, 0.3) is 0 Å². The van der Waals surface area contributed by atoms with Gasteiger partial charge in [0.1, 0.15) is 12.5 Å². The second-order valence-electron chi connectivity index (χ2n) is 9.73. The number of nitrogens with two attached hydrogens (primary N) is 2. The first kappa shape index (κ1) is 28.4. The Balaban J connectivity index is 2.35. The number of hydrogen-bond donors (Lipinski definition) is 2. The van der Waals surface area contributed by atoms with Gasteiger partial charge in [-0.2, -0.15) is 0 Å². The summed E-state index contributed by atoms with van der Waals surface area (Å²) in [7, 11) is 0. The largest absolute Gasteiger partial charge is 0.472 e. The van der Waals surface area contributed by atoms with Crippen LogP contribution in [0.15, 0.2) is 24.3 Å². The van der Waals surface area contributed by atoms with Crippen molar-refractivity contribution >= 4 is 46.4 Å². The van der Waals surface area contributed by atoms with E-state index in [2.05, 4.69) is 27.7 Å². The van der Waals surface area contributed by atoms with Gasteiger partial charge in [-0.05, 0) is 47.2 Å². The molecule has 2 aromatic rings.